The molecule has 8 nitrogen and oxygen atoms in total. The quantitative estimate of drug-likeness (QED) is 0.289. The summed E-state index contributed by atoms with van der Waals surface area (Å²) in [6.07, 6.45) is 2.53. The molecular weight excluding hydrogens is 360 g/mol. The molecule has 26 heavy (non-hydrogen) atoms. The molecule has 0 aromatic heterocycles. The van der Waals surface area contributed by atoms with Gasteiger partial charge in [0, 0.05) is 43.8 Å². The first-order valence-corrected chi connectivity index (χ1v) is 8.62. The monoisotopic (exact) mass is 390 g/mol. The SMILES string of the molecule is C=O.CC(O)CC1C(C)C(S)=C(C(=O)O)N1C.CNC(=O)CCCC=O. The van der Waals surface area contributed by atoms with E-state index in [1.165, 1.54) is 0 Å². The fourth-order valence-corrected chi connectivity index (χ4v) is 2.95. The van der Waals surface area contributed by atoms with Crippen LogP contribution in [0.5, 0.6) is 0 Å². The van der Waals surface area contributed by atoms with E-state index in [1.807, 2.05) is 13.7 Å². The van der Waals surface area contributed by atoms with Gasteiger partial charge in [-0.15, -0.1) is 12.6 Å². The normalized spacial score (nSPS) is 19.5. The highest BCUT2D eigenvalue weighted by Crippen LogP contribution is 2.36. The van der Waals surface area contributed by atoms with Crippen LogP contribution in [-0.4, -0.2) is 66.3 Å². The number of likely N-dealkylation sites (N-methyl/N-ethyl adjacent to an activating group) is 1. The lowest BCUT2D eigenvalue weighted by Gasteiger charge is -2.27. The maximum absolute atomic E-state index is 11.0. The third kappa shape index (κ3) is 9.00. The van der Waals surface area contributed by atoms with Crippen molar-refractivity contribution >= 4 is 37.6 Å². The summed E-state index contributed by atoms with van der Waals surface area (Å²) in [4.78, 5) is 41.5. The summed E-state index contributed by atoms with van der Waals surface area (Å²) in [7, 11) is 3.32. The molecule has 0 radical (unpaired) electrons. The fourth-order valence-electron chi connectivity index (χ4n) is 2.52. The maximum atomic E-state index is 11.0. The van der Waals surface area contributed by atoms with Crippen molar-refractivity contribution in [3.63, 3.8) is 0 Å². The van der Waals surface area contributed by atoms with Gasteiger partial charge in [0.05, 0.1) is 6.10 Å². The van der Waals surface area contributed by atoms with Gasteiger partial charge in [0.25, 0.3) is 0 Å². The number of aliphatic hydroxyl groups is 1. The zero-order valence-electron chi connectivity index (χ0n) is 15.8. The average Bonchev–Trinajstić information content (AvgIpc) is 2.80. The van der Waals surface area contributed by atoms with Crippen LogP contribution in [0.2, 0.25) is 0 Å². The van der Waals surface area contributed by atoms with Crippen molar-refractivity contribution in [1.82, 2.24) is 10.2 Å². The first-order chi connectivity index (χ1) is 12.2. The van der Waals surface area contributed by atoms with Crippen LogP contribution in [0.1, 0.15) is 39.5 Å². The molecule has 1 amide bonds. The number of carboxylic acid groups (broad SMARTS) is 1. The molecule has 0 saturated heterocycles. The first kappa shape index (κ1) is 26.4. The number of carbonyl (C=O) groups excluding carboxylic acids is 3. The summed E-state index contributed by atoms with van der Waals surface area (Å²) >= 11 is 4.24. The number of aliphatic hydroxyl groups excluding tert-OH is 1. The van der Waals surface area contributed by atoms with Crippen molar-refractivity contribution < 1.29 is 29.4 Å². The third-order valence-corrected chi connectivity index (χ3v) is 4.51. The van der Waals surface area contributed by atoms with E-state index in [0.29, 0.717) is 30.6 Å². The Bertz CT molecular complexity index is 496. The number of nitrogens with one attached hydrogen (secondary N) is 1. The number of unbranched alkanes of at least 4 members (excludes halogenated alkanes) is 1. The van der Waals surface area contributed by atoms with Crippen LogP contribution in [0, 0.1) is 5.92 Å². The first-order valence-electron chi connectivity index (χ1n) is 8.17. The number of hydrogen-bond acceptors (Lipinski definition) is 7. The van der Waals surface area contributed by atoms with Gasteiger partial charge in [0.1, 0.15) is 18.8 Å². The molecule has 0 bridgehead atoms. The van der Waals surface area contributed by atoms with Gasteiger partial charge in [-0.25, -0.2) is 4.79 Å². The lowest BCUT2D eigenvalue weighted by molar-refractivity contribution is -0.134. The Kier molecular flexibility index (Phi) is 14.5. The van der Waals surface area contributed by atoms with E-state index in [0.717, 1.165) is 6.29 Å². The lowest BCUT2D eigenvalue weighted by Crippen LogP contribution is -2.34. The molecule has 1 aliphatic heterocycles. The summed E-state index contributed by atoms with van der Waals surface area (Å²) < 4.78 is 0. The highest BCUT2D eigenvalue weighted by atomic mass is 32.1. The number of hydrogen-bond donors (Lipinski definition) is 4. The molecule has 0 aliphatic carbocycles. The number of thiol groups is 1. The Morgan fingerprint density at radius 1 is 1.42 bits per heavy atom. The van der Waals surface area contributed by atoms with Gasteiger partial charge in [0.15, 0.2) is 0 Å². The summed E-state index contributed by atoms with van der Waals surface area (Å²) in [6.45, 7) is 5.64. The van der Waals surface area contributed by atoms with Crippen molar-refractivity contribution in [1.29, 1.82) is 0 Å². The molecule has 150 valence electrons. The average molecular weight is 391 g/mol. The van der Waals surface area contributed by atoms with E-state index in [1.54, 1.807) is 25.9 Å². The Hall–Kier alpha value is -1.87. The molecule has 1 rings (SSSR count). The lowest BCUT2D eigenvalue weighted by atomic mass is 9.98. The molecule has 0 spiro atoms. The number of carbonyl (C=O) groups is 4. The highest BCUT2D eigenvalue weighted by molar-refractivity contribution is 7.84. The van der Waals surface area contributed by atoms with E-state index in [2.05, 4.69) is 17.9 Å². The van der Waals surface area contributed by atoms with Crippen LogP contribution >= 0.6 is 12.6 Å². The van der Waals surface area contributed by atoms with Gasteiger partial charge in [-0.2, -0.15) is 0 Å². The zero-order valence-corrected chi connectivity index (χ0v) is 16.7. The topological polar surface area (TPSA) is 124 Å². The second kappa shape index (κ2) is 14.3. The van der Waals surface area contributed by atoms with Gasteiger partial charge >= 0.3 is 5.97 Å². The maximum Gasteiger partial charge on any atom is 0.353 e. The van der Waals surface area contributed by atoms with Crippen molar-refractivity contribution in [3.05, 3.63) is 10.6 Å². The highest BCUT2D eigenvalue weighted by Gasteiger charge is 2.37. The second-order valence-electron chi connectivity index (χ2n) is 5.82. The van der Waals surface area contributed by atoms with E-state index < -0.39 is 12.1 Å². The molecule has 0 saturated carbocycles. The smallest absolute Gasteiger partial charge is 0.353 e. The molecule has 0 aromatic rings. The standard InChI is InChI=1S/C10H17NO3S.C6H11NO2.CH2O/c1-5(12)4-7-6(2)9(15)8(10(13)14)11(7)3;1-7-6(9)4-2-3-5-8;1-2/h5-7,12,15H,4H2,1-3H3,(H,13,14);5H,2-4H2,1H3,(H,7,9);1H2. The van der Waals surface area contributed by atoms with E-state index in [-0.39, 0.29) is 23.6 Å². The van der Waals surface area contributed by atoms with Crippen LogP contribution in [0.15, 0.2) is 10.6 Å². The molecule has 3 N–H and O–H groups in total. The predicted octanol–water partition coefficient (Wildman–Crippen LogP) is 0.850. The van der Waals surface area contributed by atoms with Crippen LogP contribution in [0.25, 0.3) is 0 Å². The number of rotatable bonds is 7. The Balaban J connectivity index is 0. The van der Waals surface area contributed by atoms with E-state index >= 15 is 0 Å². The van der Waals surface area contributed by atoms with Crippen LogP contribution < -0.4 is 5.32 Å². The number of aliphatic carboxylic acids is 1. The van der Waals surface area contributed by atoms with Gasteiger partial charge in [-0.3, -0.25) is 4.79 Å². The van der Waals surface area contributed by atoms with Crippen LogP contribution in [0.3, 0.4) is 0 Å². The molecule has 3 unspecified atom stereocenters. The van der Waals surface area contributed by atoms with Crippen molar-refractivity contribution in [2.45, 2.75) is 51.7 Å². The second-order valence-corrected chi connectivity index (χ2v) is 6.30. The Morgan fingerprint density at radius 3 is 2.31 bits per heavy atom. The summed E-state index contributed by atoms with van der Waals surface area (Å²) in [6, 6.07) is 0.0172. The van der Waals surface area contributed by atoms with Crippen molar-refractivity contribution in [2.24, 2.45) is 5.92 Å². The molecule has 3 atom stereocenters. The van der Waals surface area contributed by atoms with E-state index in [9.17, 15) is 19.5 Å². The van der Waals surface area contributed by atoms with Gasteiger partial charge in [-0.1, -0.05) is 6.92 Å². The zero-order chi connectivity index (χ0) is 20.9. The minimum Gasteiger partial charge on any atom is -0.477 e. The Labute approximate surface area is 160 Å². The number of aldehydes is 1. The molecule has 1 aliphatic rings. The third-order valence-electron chi connectivity index (χ3n) is 3.89. The van der Waals surface area contributed by atoms with Gasteiger partial charge in [-0.05, 0) is 19.8 Å². The number of amides is 1. The van der Waals surface area contributed by atoms with E-state index in [4.69, 9.17) is 9.90 Å². The largest absolute Gasteiger partial charge is 0.477 e. The predicted molar refractivity (Wildman–Crippen MR) is 102 cm³/mol. The van der Waals surface area contributed by atoms with Crippen molar-refractivity contribution in [2.75, 3.05) is 14.1 Å². The molecule has 9 heteroatoms. The summed E-state index contributed by atoms with van der Waals surface area (Å²) in [5, 5.41) is 20.8. The minimum absolute atomic E-state index is 0.00292. The number of carboxylic acids is 1. The van der Waals surface area contributed by atoms with Crippen LogP contribution in [-0.2, 0) is 19.2 Å². The summed E-state index contributed by atoms with van der Waals surface area (Å²) in [5.74, 6) is -0.904. The molecule has 0 aromatic carbocycles. The van der Waals surface area contributed by atoms with Gasteiger partial charge < -0.3 is 30.0 Å². The fraction of sp³-hybridized carbons (Fsp3) is 0.647. The number of nitrogens with zero attached hydrogens (tertiary/aromatic N) is 1. The minimum atomic E-state index is -0.956. The van der Waals surface area contributed by atoms with Crippen LogP contribution in [0.4, 0.5) is 0 Å². The molecular formula is C17H30N2O6S. The molecule has 0 fully saturated rings. The van der Waals surface area contributed by atoms with Crippen molar-refractivity contribution in [3.8, 4) is 0 Å². The van der Waals surface area contributed by atoms with Gasteiger partial charge in [0.2, 0.25) is 5.91 Å². The molecule has 1 heterocycles. The summed E-state index contributed by atoms with van der Waals surface area (Å²) in [5.41, 5.74) is 0.247. The Morgan fingerprint density at radius 2 is 1.96 bits per heavy atom.